The Morgan fingerprint density at radius 2 is 2.11 bits per heavy atom. The van der Waals surface area contributed by atoms with Gasteiger partial charge >= 0.3 is 0 Å². The number of hydrogen-bond acceptors (Lipinski definition) is 4. The van der Waals surface area contributed by atoms with Gasteiger partial charge in [0.05, 0.1) is 22.9 Å². The lowest BCUT2D eigenvalue weighted by Gasteiger charge is -2.26. The number of hydrogen-bond donors (Lipinski definition) is 1. The molecule has 98 valence electrons. The molecular formula is C15H17N3S. The monoisotopic (exact) mass is 271 g/mol. The maximum atomic E-state index is 4.73. The third-order valence-corrected chi connectivity index (χ3v) is 4.07. The van der Waals surface area contributed by atoms with Crippen LogP contribution in [-0.4, -0.2) is 21.4 Å². The highest BCUT2D eigenvalue weighted by atomic mass is 32.2. The zero-order valence-electron chi connectivity index (χ0n) is 11.2. The van der Waals surface area contributed by atoms with Crippen molar-refractivity contribution in [2.24, 2.45) is 4.99 Å². The summed E-state index contributed by atoms with van der Waals surface area (Å²) < 4.78 is 0. The minimum Gasteiger partial charge on any atom is -0.334 e. The zero-order chi connectivity index (χ0) is 13.3. The molecule has 2 aromatic rings. The first kappa shape index (κ1) is 12.5. The van der Waals surface area contributed by atoms with Crippen LogP contribution in [0.2, 0.25) is 0 Å². The van der Waals surface area contributed by atoms with Gasteiger partial charge in [-0.3, -0.25) is 9.98 Å². The molecular weight excluding hydrogens is 254 g/mol. The van der Waals surface area contributed by atoms with Crippen molar-refractivity contribution in [3.05, 3.63) is 36.5 Å². The fourth-order valence-corrected chi connectivity index (χ4v) is 3.38. The number of thioether (sulfide) groups is 1. The van der Waals surface area contributed by atoms with Crippen LogP contribution in [0.5, 0.6) is 0 Å². The summed E-state index contributed by atoms with van der Waals surface area (Å²) in [6, 6.07) is 10.3. The van der Waals surface area contributed by atoms with Crippen LogP contribution in [0.4, 0.5) is 5.69 Å². The van der Waals surface area contributed by atoms with E-state index in [1.165, 1.54) is 0 Å². The molecule has 0 spiro atoms. The van der Waals surface area contributed by atoms with E-state index in [2.05, 4.69) is 36.3 Å². The van der Waals surface area contributed by atoms with E-state index < -0.39 is 0 Å². The smallest absolute Gasteiger partial charge is 0.161 e. The van der Waals surface area contributed by atoms with Gasteiger partial charge in [0.25, 0.3) is 0 Å². The summed E-state index contributed by atoms with van der Waals surface area (Å²) in [6.07, 6.45) is 2.99. The Bertz CT molecular complexity index is 634. The van der Waals surface area contributed by atoms with Gasteiger partial charge in [0.15, 0.2) is 5.17 Å². The van der Waals surface area contributed by atoms with Gasteiger partial charge in [-0.25, -0.2) is 0 Å². The molecule has 4 heteroatoms. The normalized spacial score (nSPS) is 18.1. The topological polar surface area (TPSA) is 37.3 Å². The predicted octanol–water partition coefficient (Wildman–Crippen LogP) is 3.92. The molecule has 1 aromatic carbocycles. The van der Waals surface area contributed by atoms with Gasteiger partial charge in [-0.1, -0.05) is 30.0 Å². The van der Waals surface area contributed by atoms with E-state index in [1.807, 2.05) is 24.4 Å². The van der Waals surface area contributed by atoms with Gasteiger partial charge in [0.2, 0.25) is 0 Å². The van der Waals surface area contributed by atoms with Crippen molar-refractivity contribution in [1.29, 1.82) is 0 Å². The Hall–Kier alpha value is -1.55. The van der Waals surface area contributed by atoms with Crippen LogP contribution in [0.1, 0.15) is 20.3 Å². The van der Waals surface area contributed by atoms with Crippen LogP contribution >= 0.6 is 11.8 Å². The summed E-state index contributed by atoms with van der Waals surface area (Å²) in [7, 11) is 0. The number of para-hydroxylation sites is 1. The number of nitrogens with zero attached hydrogens (tertiary/aromatic N) is 2. The summed E-state index contributed by atoms with van der Waals surface area (Å²) in [4.78, 5) is 9.19. The Kier molecular flexibility index (Phi) is 3.19. The van der Waals surface area contributed by atoms with Crippen LogP contribution in [-0.2, 0) is 0 Å². The van der Waals surface area contributed by atoms with E-state index in [9.17, 15) is 0 Å². The number of anilines is 1. The molecule has 0 aliphatic carbocycles. The number of aliphatic imine (C=N–C) groups is 1. The van der Waals surface area contributed by atoms with Gasteiger partial charge in [0, 0.05) is 11.1 Å². The summed E-state index contributed by atoms with van der Waals surface area (Å²) in [5.74, 6) is 1.11. The van der Waals surface area contributed by atoms with Crippen LogP contribution < -0.4 is 5.32 Å². The third-order valence-electron chi connectivity index (χ3n) is 3.20. The van der Waals surface area contributed by atoms with E-state index in [-0.39, 0.29) is 5.54 Å². The molecule has 0 saturated heterocycles. The second-order valence-corrected chi connectivity index (χ2v) is 6.45. The van der Waals surface area contributed by atoms with Crippen LogP contribution in [0.25, 0.3) is 10.9 Å². The van der Waals surface area contributed by atoms with Crippen molar-refractivity contribution in [2.75, 3.05) is 11.1 Å². The minimum atomic E-state index is 0.0395. The molecule has 0 bridgehead atoms. The molecule has 0 atom stereocenters. The van der Waals surface area contributed by atoms with E-state index in [4.69, 9.17) is 4.99 Å². The van der Waals surface area contributed by atoms with E-state index in [0.717, 1.165) is 33.9 Å². The average Bonchev–Trinajstić information content (AvgIpc) is 2.37. The summed E-state index contributed by atoms with van der Waals surface area (Å²) in [6.45, 7) is 4.35. The minimum absolute atomic E-state index is 0.0395. The number of pyridine rings is 1. The Labute approximate surface area is 117 Å². The van der Waals surface area contributed by atoms with Gasteiger partial charge in [0.1, 0.15) is 0 Å². The summed E-state index contributed by atoms with van der Waals surface area (Å²) in [5.41, 5.74) is 2.06. The van der Waals surface area contributed by atoms with Crippen LogP contribution in [0.3, 0.4) is 0 Å². The van der Waals surface area contributed by atoms with E-state index in [0.29, 0.717) is 0 Å². The van der Waals surface area contributed by atoms with Crippen LogP contribution in [0.15, 0.2) is 41.5 Å². The molecule has 3 rings (SSSR count). The molecule has 2 heterocycles. The predicted molar refractivity (Wildman–Crippen MR) is 84.0 cm³/mol. The second kappa shape index (κ2) is 4.85. The second-order valence-electron chi connectivity index (χ2n) is 5.37. The van der Waals surface area contributed by atoms with Crippen molar-refractivity contribution in [2.45, 2.75) is 25.8 Å². The fraction of sp³-hybridized carbons (Fsp3) is 0.333. The first-order valence-electron chi connectivity index (χ1n) is 6.47. The summed E-state index contributed by atoms with van der Waals surface area (Å²) in [5, 5.41) is 5.52. The first-order valence-corrected chi connectivity index (χ1v) is 7.45. The Morgan fingerprint density at radius 3 is 2.95 bits per heavy atom. The molecule has 1 N–H and O–H groups in total. The standard InChI is InChI=1S/C15H17N3S/c1-15(2)7-8-19-14(18-15)17-12-9-11-5-3-4-6-13(11)16-10-12/h3-6,9-10H,7-8H2,1-2H3,(H,17,18). The molecule has 0 unspecified atom stereocenters. The Balaban J connectivity index is 1.87. The molecule has 1 aliphatic heterocycles. The molecule has 0 radical (unpaired) electrons. The molecule has 0 fully saturated rings. The summed E-state index contributed by atoms with van der Waals surface area (Å²) >= 11 is 1.78. The molecule has 3 nitrogen and oxygen atoms in total. The number of rotatable bonds is 1. The highest BCUT2D eigenvalue weighted by Crippen LogP contribution is 2.27. The average molecular weight is 271 g/mol. The zero-order valence-corrected chi connectivity index (χ0v) is 12.0. The number of fused-ring (bicyclic) bond motifs is 1. The van der Waals surface area contributed by atoms with Crippen LogP contribution in [0, 0.1) is 0 Å². The van der Waals surface area contributed by atoms with Crippen molar-refractivity contribution in [3.63, 3.8) is 0 Å². The maximum absolute atomic E-state index is 4.73. The highest BCUT2D eigenvalue weighted by Gasteiger charge is 2.22. The Morgan fingerprint density at radius 1 is 1.26 bits per heavy atom. The van der Waals surface area contributed by atoms with Gasteiger partial charge in [-0.2, -0.15) is 0 Å². The van der Waals surface area contributed by atoms with Crippen molar-refractivity contribution in [3.8, 4) is 0 Å². The van der Waals surface area contributed by atoms with Gasteiger partial charge in [-0.15, -0.1) is 0 Å². The highest BCUT2D eigenvalue weighted by molar-refractivity contribution is 8.14. The number of nitrogens with one attached hydrogen (secondary N) is 1. The van der Waals surface area contributed by atoms with E-state index in [1.54, 1.807) is 11.8 Å². The van der Waals surface area contributed by atoms with E-state index >= 15 is 0 Å². The molecule has 19 heavy (non-hydrogen) atoms. The maximum Gasteiger partial charge on any atom is 0.161 e. The molecule has 0 amide bonds. The lowest BCUT2D eigenvalue weighted by molar-refractivity contribution is 0.507. The number of aromatic nitrogens is 1. The van der Waals surface area contributed by atoms with Crippen molar-refractivity contribution in [1.82, 2.24) is 4.98 Å². The SMILES string of the molecule is CC1(C)CCSC(Nc2cnc3ccccc3c2)=N1. The molecule has 0 saturated carbocycles. The number of benzene rings is 1. The van der Waals surface area contributed by atoms with Crippen molar-refractivity contribution < 1.29 is 0 Å². The third kappa shape index (κ3) is 2.89. The molecule has 1 aliphatic rings. The number of amidine groups is 1. The van der Waals surface area contributed by atoms with Crippen molar-refractivity contribution >= 4 is 33.5 Å². The lowest BCUT2D eigenvalue weighted by atomic mass is 10.0. The largest absolute Gasteiger partial charge is 0.334 e. The molecule has 1 aromatic heterocycles. The fourth-order valence-electron chi connectivity index (χ4n) is 2.09. The van der Waals surface area contributed by atoms with Gasteiger partial charge < -0.3 is 5.32 Å². The lowest BCUT2D eigenvalue weighted by Crippen LogP contribution is -2.27. The quantitative estimate of drug-likeness (QED) is 0.854. The first-order chi connectivity index (χ1) is 9.12. The van der Waals surface area contributed by atoms with Gasteiger partial charge in [-0.05, 0) is 32.4 Å².